The number of hydrogen-bond donors (Lipinski definition) is 1. The van der Waals surface area contributed by atoms with Gasteiger partial charge in [0, 0.05) is 13.0 Å². The Labute approximate surface area is 103 Å². The summed E-state index contributed by atoms with van der Waals surface area (Å²) in [7, 11) is 1.95. The first-order chi connectivity index (χ1) is 8.38. The molecule has 0 atom stereocenters. The van der Waals surface area contributed by atoms with Crippen molar-refractivity contribution in [3.63, 3.8) is 0 Å². The number of rotatable bonds is 4. The quantitative estimate of drug-likeness (QED) is 0.799. The molecular weight excluding hydrogens is 210 g/mol. The van der Waals surface area contributed by atoms with Crippen molar-refractivity contribution in [3.05, 3.63) is 53.8 Å². The monoisotopic (exact) mass is 229 g/mol. The predicted octanol–water partition coefficient (Wildman–Crippen LogP) is 3.41. The summed E-state index contributed by atoms with van der Waals surface area (Å²) in [4.78, 5) is 0. The van der Waals surface area contributed by atoms with Crippen LogP contribution >= 0.6 is 0 Å². The molecule has 0 fully saturated rings. The van der Waals surface area contributed by atoms with Crippen molar-refractivity contribution in [2.24, 2.45) is 0 Å². The topological polar surface area (TPSA) is 21.3 Å². The highest BCUT2D eigenvalue weighted by Gasteiger charge is 2.01. The van der Waals surface area contributed by atoms with E-state index in [1.54, 1.807) is 0 Å². The molecule has 0 unspecified atom stereocenters. The Morgan fingerprint density at radius 1 is 1.12 bits per heavy atom. The number of allylic oxidation sites excluding steroid dienone is 3. The van der Waals surface area contributed by atoms with Gasteiger partial charge in [0.05, 0.1) is 0 Å². The fourth-order valence-corrected chi connectivity index (χ4v) is 1.86. The second-order valence-corrected chi connectivity index (χ2v) is 4.20. The normalized spacial score (nSPS) is 15.2. The second-order valence-electron chi connectivity index (χ2n) is 4.20. The van der Waals surface area contributed by atoms with E-state index < -0.39 is 0 Å². The zero-order chi connectivity index (χ0) is 11.9. The van der Waals surface area contributed by atoms with E-state index in [0.29, 0.717) is 0 Å². The molecule has 0 aromatic heterocycles. The van der Waals surface area contributed by atoms with Crippen molar-refractivity contribution in [2.75, 3.05) is 7.05 Å². The van der Waals surface area contributed by atoms with Gasteiger partial charge in [-0.25, -0.2) is 0 Å². The molecule has 1 aromatic carbocycles. The lowest BCUT2D eigenvalue weighted by molar-refractivity contribution is 0.414. The van der Waals surface area contributed by atoms with Gasteiger partial charge in [0.15, 0.2) is 0 Å². The van der Waals surface area contributed by atoms with Gasteiger partial charge < -0.3 is 10.1 Å². The van der Waals surface area contributed by atoms with Gasteiger partial charge in [-0.1, -0.05) is 24.3 Å². The van der Waals surface area contributed by atoms with Crippen molar-refractivity contribution in [2.45, 2.75) is 25.8 Å². The largest absolute Gasteiger partial charge is 0.462 e. The summed E-state index contributed by atoms with van der Waals surface area (Å²) in [6.07, 6.45) is 9.66. The molecule has 1 aliphatic rings. The van der Waals surface area contributed by atoms with Crippen LogP contribution < -0.4 is 10.1 Å². The van der Waals surface area contributed by atoms with E-state index in [-0.39, 0.29) is 0 Å². The van der Waals surface area contributed by atoms with Crippen molar-refractivity contribution in [3.8, 4) is 5.75 Å². The fourth-order valence-electron chi connectivity index (χ4n) is 1.86. The lowest BCUT2D eigenvalue weighted by atomic mass is 10.2. The van der Waals surface area contributed by atoms with Gasteiger partial charge in [-0.05, 0) is 43.7 Å². The first-order valence-electron chi connectivity index (χ1n) is 6.14. The van der Waals surface area contributed by atoms with Crippen molar-refractivity contribution in [1.29, 1.82) is 0 Å². The number of hydrogen-bond acceptors (Lipinski definition) is 2. The third-order valence-electron chi connectivity index (χ3n) is 2.74. The lowest BCUT2D eigenvalue weighted by Gasteiger charge is -2.08. The Hall–Kier alpha value is -1.54. The van der Waals surface area contributed by atoms with Crippen molar-refractivity contribution >= 4 is 0 Å². The Bertz CT molecular complexity index is 403. The van der Waals surface area contributed by atoms with E-state index in [0.717, 1.165) is 37.3 Å². The molecule has 0 saturated heterocycles. The fraction of sp³-hybridized carbons (Fsp3) is 0.333. The summed E-state index contributed by atoms with van der Waals surface area (Å²) in [5, 5.41) is 3.13. The predicted molar refractivity (Wildman–Crippen MR) is 70.9 cm³/mol. The highest BCUT2D eigenvalue weighted by molar-refractivity contribution is 5.29. The maximum Gasteiger partial charge on any atom is 0.126 e. The standard InChI is InChI=1S/C15H19NO/c1-16-12-13-8-10-15(11-9-13)17-14-6-4-2-3-5-7-14/h2,4,7-11,16H,3,5-6,12H2,1H3. The van der Waals surface area contributed by atoms with Gasteiger partial charge in [-0.3, -0.25) is 0 Å². The van der Waals surface area contributed by atoms with Crippen molar-refractivity contribution < 1.29 is 4.74 Å². The maximum atomic E-state index is 5.86. The first-order valence-corrected chi connectivity index (χ1v) is 6.14. The molecule has 2 nitrogen and oxygen atoms in total. The third kappa shape index (κ3) is 3.75. The van der Waals surface area contributed by atoms with E-state index in [4.69, 9.17) is 4.74 Å². The van der Waals surface area contributed by atoms with Gasteiger partial charge in [0.1, 0.15) is 11.5 Å². The third-order valence-corrected chi connectivity index (χ3v) is 2.74. The van der Waals surface area contributed by atoms with E-state index in [1.807, 2.05) is 19.2 Å². The molecule has 0 aliphatic heterocycles. The molecule has 0 spiro atoms. The highest BCUT2D eigenvalue weighted by atomic mass is 16.5. The van der Waals surface area contributed by atoms with Crippen LogP contribution in [0.4, 0.5) is 0 Å². The summed E-state index contributed by atoms with van der Waals surface area (Å²) in [5.74, 6) is 1.98. The maximum absolute atomic E-state index is 5.86. The Morgan fingerprint density at radius 3 is 2.71 bits per heavy atom. The molecule has 0 amide bonds. The summed E-state index contributed by atoms with van der Waals surface area (Å²) in [5.41, 5.74) is 1.27. The minimum Gasteiger partial charge on any atom is -0.462 e. The second kappa shape index (κ2) is 6.26. The molecule has 2 rings (SSSR count). The van der Waals surface area contributed by atoms with Crippen LogP contribution in [-0.4, -0.2) is 7.05 Å². The summed E-state index contributed by atoms with van der Waals surface area (Å²) in [6, 6.07) is 8.25. The highest BCUT2D eigenvalue weighted by Crippen LogP contribution is 2.19. The minimum atomic E-state index is 0.895. The SMILES string of the molecule is CNCc1ccc(OC2=CCCC=CC2)cc1. The molecule has 2 heteroatoms. The van der Waals surface area contributed by atoms with Crippen LogP contribution in [0.3, 0.4) is 0 Å². The van der Waals surface area contributed by atoms with Gasteiger partial charge in [-0.15, -0.1) is 0 Å². The Kier molecular flexibility index (Phi) is 4.39. The smallest absolute Gasteiger partial charge is 0.126 e. The molecule has 1 N–H and O–H groups in total. The average molecular weight is 229 g/mol. The summed E-state index contributed by atoms with van der Waals surface area (Å²) >= 11 is 0. The van der Waals surface area contributed by atoms with E-state index in [1.165, 1.54) is 5.56 Å². The van der Waals surface area contributed by atoms with Crippen LogP contribution in [-0.2, 0) is 6.54 Å². The van der Waals surface area contributed by atoms with Gasteiger partial charge in [0.2, 0.25) is 0 Å². The molecule has 17 heavy (non-hydrogen) atoms. The van der Waals surface area contributed by atoms with Crippen LogP contribution in [0.5, 0.6) is 5.75 Å². The average Bonchev–Trinajstić information content (AvgIpc) is 2.61. The number of nitrogens with one attached hydrogen (secondary N) is 1. The molecule has 90 valence electrons. The zero-order valence-electron chi connectivity index (χ0n) is 10.3. The van der Waals surface area contributed by atoms with Gasteiger partial charge >= 0.3 is 0 Å². The lowest BCUT2D eigenvalue weighted by Crippen LogP contribution is -2.04. The Balaban J connectivity index is 1.98. The molecule has 0 radical (unpaired) electrons. The van der Waals surface area contributed by atoms with Crippen LogP contribution in [0.1, 0.15) is 24.8 Å². The summed E-state index contributed by atoms with van der Waals surface area (Å²) in [6.45, 7) is 0.895. The Morgan fingerprint density at radius 2 is 1.94 bits per heavy atom. The van der Waals surface area contributed by atoms with Gasteiger partial charge in [0.25, 0.3) is 0 Å². The molecule has 1 aromatic rings. The number of ether oxygens (including phenoxy) is 1. The molecule has 0 saturated carbocycles. The van der Waals surface area contributed by atoms with E-state index in [9.17, 15) is 0 Å². The molecule has 0 bridgehead atoms. The molecular formula is C15H19NO. The van der Waals surface area contributed by atoms with Gasteiger partial charge in [-0.2, -0.15) is 0 Å². The minimum absolute atomic E-state index is 0.895. The summed E-state index contributed by atoms with van der Waals surface area (Å²) < 4.78 is 5.86. The zero-order valence-corrected chi connectivity index (χ0v) is 10.3. The van der Waals surface area contributed by atoms with E-state index >= 15 is 0 Å². The van der Waals surface area contributed by atoms with Crippen LogP contribution in [0.25, 0.3) is 0 Å². The van der Waals surface area contributed by atoms with Crippen LogP contribution in [0.2, 0.25) is 0 Å². The first kappa shape index (κ1) is 11.9. The van der Waals surface area contributed by atoms with E-state index in [2.05, 4.69) is 35.7 Å². The van der Waals surface area contributed by atoms with Crippen LogP contribution in [0, 0.1) is 0 Å². The molecule has 0 heterocycles. The van der Waals surface area contributed by atoms with Crippen molar-refractivity contribution in [1.82, 2.24) is 5.32 Å². The van der Waals surface area contributed by atoms with Crippen LogP contribution in [0.15, 0.2) is 48.3 Å². The number of benzene rings is 1. The molecule has 1 aliphatic carbocycles.